The number of urea groups is 1. The number of nitrogens with one attached hydrogen (secondary N) is 2. The minimum Gasteiger partial charge on any atom is -0.399 e. The lowest BCUT2D eigenvalue weighted by atomic mass is 10.3. The lowest BCUT2D eigenvalue weighted by Crippen LogP contribution is -2.19. The van der Waals surface area contributed by atoms with Crippen molar-refractivity contribution in [2.45, 2.75) is 0 Å². The Morgan fingerprint density at radius 2 is 1.79 bits per heavy atom. The zero-order valence-corrected chi connectivity index (χ0v) is 11.3. The van der Waals surface area contributed by atoms with E-state index < -0.39 is 6.03 Å². The van der Waals surface area contributed by atoms with Crippen LogP contribution in [-0.2, 0) is 0 Å². The fourth-order valence-electron chi connectivity index (χ4n) is 1.50. The minimum absolute atomic E-state index is 0.298. The molecule has 0 aliphatic heterocycles. The molecule has 0 heterocycles. The number of anilines is 3. The van der Waals surface area contributed by atoms with Crippen LogP contribution in [0.25, 0.3) is 0 Å². The summed E-state index contributed by atoms with van der Waals surface area (Å²) in [4.78, 5) is 11.8. The van der Waals surface area contributed by atoms with Crippen LogP contribution >= 0.6 is 23.2 Å². The van der Waals surface area contributed by atoms with Gasteiger partial charge in [-0.05, 0) is 30.3 Å². The second-order valence-corrected chi connectivity index (χ2v) is 4.59. The smallest absolute Gasteiger partial charge is 0.323 e. The van der Waals surface area contributed by atoms with Crippen molar-refractivity contribution in [3.05, 3.63) is 52.5 Å². The number of carbonyl (C=O) groups is 1. The van der Waals surface area contributed by atoms with E-state index in [-0.39, 0.29) is 0 Å². The average molecular weight is 296 g/mol. The van der Waals surface area contributed by atoms with Crippen LogP contribution < -0.4 is 16.4 Å². The van der Waals surface area contributed by atoms with Crippen LogP contribution in [0.4, 0.5) is 21.9 Å². The number of nitrogen functional groups attached to an aromatic ring is 1. The molecule has 0 atom stereocenters. The largest absolute Gasteiger partial charge is 0.399 e. The zero-order chi connectivity index (χ0) is 13.8. The maximum absolute atomic E-state index is 11.8. The Hall–Kier alpha value is -1.91. The lowest BCUT2D eigenvalue weighted by molar-refractivity contribution is 0.262. The molecular formula is C13H11Cl2N3O. The highest BCUT2D eigenvalue weighted by atomic mass is 35.5. The van der Waals surface area contributed by atoms with E-state index in [9.17, 15) is 4.79 Å². The average Bonchev–Trinajstić information content (AvgIpc) is 2.35. The van der Waals surface area contributed by atoms with Crippen molar-refractivity contribution >= 4 is 46.3 Å². The molecule has 0 unspecified atom stereocenters. The van der Waals surface area contributed by atoms with Crippen LogP contribution in [0.5, 0.6) is 0 Å². The summed E-state index contributed by atoms with van der Waals surface area (Å²) in [7, 11) is 0. The van der Waals surface area contributed by atoms with Crippen molar-refractivity contribution in [1.82, 2.24) is 0 Å². The van der Waals surface area contributed by atoms with E-state index in [1.54, 1.807) is 42.5 Å². The van der Waals surface area contributed by atoms with Crippen LogP contribution in [0.3, 0.4) is 0 Å². The molecule has 0 bridgehead atoms. The standard InChI is InChI=1S/C13H11Cl2N3O/c14-10-5-2-6-11(12(10)15)18-13(19)17-9-4-1-3-8(16)7-9/h1-7H,16H2,(H2,17,18,19). The molecule has 19 heavy (non-hydrogen) atoms. The summed E-state index contributed by atoms with van der Waals surface area (Å²) >= 11 is 11.8. The van der Waals surface area contributed by atoms with Gasteiger partial charge < -0.3 is 16.4 Å². The summed E-state index contributed by atoms with van der Waals surface area (Å²) in [5.41, 5.74) is 7.22. The molecule has 0 radical (unpaired) electrons. The SMILES string of the molecule is Nc1cccc(NC(=O)Nc2cccc(Cl)c2Cl)c1. The van der Waals surface area contributed by atoms with Gasteiger partial charge in [0.1, 0.15) is 0 Å². The summed E-state index contributed by atoms with van der Waals surface area (Å²) in [5.74, 6) is 0. The van der Waals surface area contributed by atoms with E-state index in [0.29, 0.717) is 27.1 Å². The van der Waals surface area contributed by atoms with Crippen molar-refractivity contribution in [2.75, 3.05) is 16.4 Å². The van der Waals surface area contributed by atoms with Gasteiger partial charge in [0.2, 0.25) is 0 Å². The van der Waals surface area contributed by atoms with Crippen LogP contribution in [0.15, 0.2) is 42.5 Å². The first kappa shape index (κ1) is 13.5. The molecule has 6 heteroatoms. The number of halogens is 2. The van der Waals surface area contributed by atoms with E-state index in [1.165, 1.54) is 0 Å². The Labute approximate surface area is 120 Å². The van der Waals surface area contributed by atoms with Gasteiger partial charge in [-0.3, -0.25) is 0 Å². The van der Waals surface area contributed by atoms with E-state index in [2.05, 4.69) is 10.6 Å². The molecule has 0 saturated heterocycles. The van der Waals surface area contributed by atoms with Crippen molar-refractivity contribution in [2.24, 2.45) is 0 Å². The highest BCUT2D eigenvalue weighted by Gasteiger charge is 2.08. The monoisotopic (exact) mass is 295 g/mol. The summed E-state index contributed by atoms with van der Waals surface area (Å²) in [5, 5.41) is 5.93. The first-order chi connectivity index (χ1) is 9.06. The first-order valence-electron chi connectivity index (χ1n) is 5.44. The first-order valence-corrected chi connectivity index (χ1v) is 6.19. The van der Waals surface area contributed by atoms with Crippen LogP contribution in [0.1, 0.15) is 0 Å². The fraction of sp³-hybridized carbons (Fsp3) is 0. The molecule has 0 saturated carbocycles. The Kier molecular flexibility index (Phi) is 4.14. The third-order valence-electron chi connectivity index (χ3n) is 2.34. The second kappa shape index (κ2) is 5.82. The lowest BCUT2D eigenvalue weighted by Gasteiger charge is -2.10. The van der Waals surface area contributed by atoms with Crippen LogP contribution in [0, 0.1) is 0 Å². The third kappa shape index (κ3) is 3.53. The van der Waals surface area contributed by atoms with Gasteiger partial charge in [-0.15, -0.1) is 0 Å². The maximum atomic E-state index is 11.8. The Morgan fingerprint density at radius 3 is 2.53 bits per heavy atom. The van der Waals surface area contributed by atoms with Crippen molar-refractivity contribution in [3.63, 3.8) is 0 Å². The minimum atomic E-state index is -0.422. The quantitative estimate of drug-likeness (QED) is 0.726. The second-order valence-electron chi connectivity index (χ2n) is 3.81. The van der Waals surface area contributed by atoms with Crippen molar-refractivity contribution < 1.29 is 4.79 Å². The van der Waals surface area contributed by atoms with Crippen LogP contribution in [0.2, 0.25) is 10.0 Å². The van der Waals surface area contributed by atoms with Gasteiger partial charge in [0.15, 0.2) is 0 Å². The molecular weight excluding hydrogens is 285 g/mol. The molecule has 0 spiro atoms. The molecule has 98 valence electrons. The number of hydrogen-bond donors (Lipinski definition) is 3. The topological polar surface area (TPSA) is 67.1 Å². The molecule has 0 fully saturated rings. The third-order valence-corrected chi connectivity index (χ3v) is 3.16. The molecule has 0 aliphatic rings. The maximum Gasteiger partial charge on any atom is 0.323 e. The highest BCUT2D eigenvalue weighted by Crippen LogP contribution is 2.29. The summed E-state index contributed by atoms with van der Waals surface area (Å²) in [6.45, 7) is 0. The van der Waals surface area contributed by atoms with Gasteiger partial charge in [-0.1, -0.05) is 35.3 Å². The van der Waals surface area contributed by atoms with Gasteiger partial charge in [-0.25, -0.2) is 4.79 Å². The van der Waals surface area contributed by atoms with E-state index >= 15 is 0 Å². The Bertz CT molecular complexity index is 617. The number of hydrogen-bond acceptors (Lipinski definition) is 2. The Morgan fingerprint density at radius 1 is 1.05 bits per heavy atom. The Balaban J connectivity index is 2.08. The number of nitrogens with two attached hydrogens (primary N) is 1. The number of carbonyl (C=O) groups excluding carboxylic acids is 1. The molecule has 0 aromatic heterocycles. The highest BCUT2D eigenvalue weighted by molar-refractivity contribution is 6.44. The molecule has 2 aromatic rings. The zero-order valence-electron chi connectivity index (χ0n) is 9.78. The summed E-state index contributed by atoms with van der Waals surface area (Å²) in [6.07, 6.45) is 0. The molecule has 4 nitrogen and oxygen atoms in total. The van der Waals surface area contributed by atoms with Gasteiger partial charge >= 0.3 is 6.03 Å². The predicted molar refractivity (Wildman–Crippen MR) is 80.0 cm³/mol. The normalized spacial score (nSPS) is 10.0. The van der Waals surface area contributed by atoms with Crippen molar-refractivity contribution in [1.29, 1.82) is 0 Å². The van der Waals surface area contributed by atoms with E-state index in [1.807, 2.05) is 0 Å². The molecule has 2 aromatic carbocycles. The van der Waals surface area contributed by atoms with Crippen molar-refractivity contribution in [3.8, 4) is 0 Å². The molecule has 4 N–H and O–H groups in total. The fourth-order valence-corrected chi connectivity index (χ4v) is 1.85. The van der Waals surface area contributed by atoms with Gasteiger partial charge in [-0.2, -0.15) is 0 Å². The van der Waals surface area contributed by atoms with Gasteiger partial charge in [0.05, 0.1) is 15.7 Å². The number of rotatable bonds is 2. The predicted octanol–water partition coefficient (Wildman–Crippen LogP) is 4.22. The van der Waals surface area contributed by atoms with Gasteiger partial charge in [0, 0.05) is 11.4 Å². The summed E-state index contributed by atoms with van der Waals surface area (Å²) in [6, 6.07) is 11.4. The number of amides is 2. The van der Waals surface area contributed by atoms with Crippen LogP contribution in [-0.4, -0.2) is 6.03 Å². The molecule has 2 amide bonds. The molecule has 0 aliphatic carbocycles. The van der Waals surface area contributed by atoms with E-state index in [4.69, 9.17) is 28.9 Å². The van der Waals surface area contributed by atoms with E-state index in [0.717, 1.165) is 0 Å². The summed E-state index contributed by atoms with van der Waals surface area (Å²) < 4.78 is 0. The molecule has 2 rings (SSSR count). The van der Waals surface area contributed by atoms with Gasteiger partial charge in [0.25, 0.3) is 0 Å². The number of benzene rings is 2.